The van der Waals surface area contributed by atoms with E-state index in [0.29, 0.717) is 16.9 Å². The third-order valence-corrected chi connectivity index (χ3v) is 4.24. The number of carbonyl (C=O) groups is 1. The average Bonchev–Trinajstić information content (AvgIpc) is 3.04. The number of thiophene rings is 1. The van der Waals surface area contributed by atoms with Crippen molar-refractivity contribution in [1.29, 1.82) is 0 Å². The van der Waals surface area contributed by atoms with Crippen molar-refractivity contribution in [2.75, 3.05) is 11.1 Å². The molecule has 1 amide bonds. The molecule has 3 N–H and O–H groups in total. The Balaban J connectivity index is 1.87. The van der Waals surface area contributed by atoms with Gasteiger partial charge in [-0.15, -0.1) is 11.3 Å². The number of nitrogens with one attached hydrogen (secondary N) is 1. The minimum Gasteiger partial charge on any atom is -0.397 e. The van der Waals surface area contributed by atoms with Gasteiger partial charge in [0.15, 0.2) is 0 Å². The van der Waals surface area contributed by atoms with Gasteiger partial charge in [0.05, 0.1) is 11.4 Å². The van der Waals surface area contributed by atoms with E-state index in [0.717, 1.165) is 16.0 Å². The summed E-state index contributed by atoms with van der Waals surface area (Å²) in [5.41, 5.74) is 9.62. The van der Waals surface area contributed by atoms with E-state index in [4.69, 9.17) is 5.73 Å². The number of hydrogen-bond acceptors (Lipinski definition) is 3. The maximum Gasteiger partial charge on any atom is 0.255 e. The molecule has 109 valence electrons. The Morgan fingerprint density at radius 2 is 1.86 bits per heavy atom. The van der Waals surface area contributed by atoms with Gasteiger partial charge in [-0.05, 0) is 53.8 Å². The standard InChI is InChI=1S/C18H15N2OS/c1-12-4-6-13(7-5-12)18(21)20-16-11-14(8-9-15(16)19)17-3-2-10-22-17/h2-11H,1,19H2,(H,20,21). The minimum absolute atomic E-state index is 0.185. The first-order chi connectivity index (χ1) is 10.6. The molecule has 0 saturated carbocycles. The number of hydrogen-bond donors (Lipinski definition) is 2. The second-order valence-corrected chi connectivity index (χ2v) is 5.88. The molecule has 0 aliphatic carbocycles. The molecule has 3 rings (SSSR count). The Bertz CT molecular complexity index is 792. The van der Waals surface area contributed by atoms with E-state index in [1.54, 1.807) is 35.6 Å². The van der Waals surface area contributed by atoms with Crippen LogP contribution in [0.4, 0.5) is 11.4 Å². The van der Waals surface area contributed by atoms with E-state index < -0.39 is 0 Å². The summed E-state index contributed by atoms with van der Waals surface area (Å²) in [5, 5.41) is 4.89. The summed E-state index contributed by atoms with van der Waals surface area (Å²) in [6, 6.07) is 16.8. The van der Waals surface area contributed by atoms with Crippen LogP contribution in [-0.4, -0.2) is 5.91 Å². The summed E-state index contributed by atoms with van der Waals surface area (Å²) in [6.07, 6.45) is 0. The molecule has 3 aromatic rings. The van der Waals surface area contributed by atoms with Crippen molar-refractivity contribution in [2.45, 2.75) is 0 Å². The molecule has 4 heteroatoms. The summed E-state index contributed by atoms with van der Waals surface area (Å²) in [5.74, 6) is -0.185. The van der Waals surface area contributed by atoms with Gasteiger partial charge in [-0.3, -0.25) is 4.79 Å². The van der Waals surface area contributed by atoms with Gasteiger partial charge in [-0.2, -0.15) is 0 Å². The SMILES string of the molecule is [CH2]c1ccc(C(=O)Nc2cc(-c3cccs3)ccc2N)cc1. The van der Waals surface area contributed by atoms with Crippen LogP contribution in [0.2, 0.25) is 0 Å². The molecule has 0 saturated heterocycles. The normalized spacial score (nSPS) is 10.4. The quantitative estimate of drug-likeness (QED) is 0.703. The fourth-order valence-corrected chi connectivity index (χ4v) is 2.84. The molecule has 1 radical (unpaired) electrons. The van der Waals surface area contributed by atoms with Crippen LogP contribution in [0.25, 0.3) is 10.4 Å². The van der Waals surface area contributed by atoms with Crippen molar-refractivity contribution in [2.24, 2.45) is 0 Å². The van der Waals surface area contributed by atoms with Gasteiger partial charge in [0, 0.05) is 10.4 Å². The number of benzene rings is 2. The molecule has 0 unspecified atom stereocenters. The van der Waals surface area contributed by atoms with Crippen LogP contribution in [-0.2, 0) is 0 Å². The predicted octanol–water partition coefficient (Wildman–Crippen LogP) is 4.43. The van der Waals surface area contributed by atoms with Gasteiger partial charge < -0.3 is 11.1 Å². The third-order valence-electron chi connectivity index (χ3n) is 3.32. The highest BCUT2D eigenvalue weighted by Gasteiger charge is 2.09. The molecule has 0 bridgehead atoms. The topological polar surface area (TPSA) is 55.1 Å². The van der Waals surface area contributed by atoms with Crippen molar-refractivity contribution in [3.63, 3.8) is 0 Å². The fraction of sp³-hybridized carbons (Fsp3) is 0. The highest BCUT2D eigenvalue weighted by atomic mass is 32.1. The van der Waals surface area contributed by atoms with Crippen molar-refractivity contribution >= 4 is 28.6 Å². The summed E-state index contributed by atoms with van der Waals surface area (Å²) in [7, 11) is 0. The summed E-state index contributed by atoms with van der Waals surface area (Å²) in [6.45, 7) is 3.81. The molecular formula is C18H15N2OS. The van der Waals surface area contributed by atoms with Gasteiger partial charge >= 0.3 is 0 Å². The van der Waals surface area contributed by atoms with Gasteiger partial charge in [0.1, 0.15) is 0 Å². The van der Waals surface area contributed by atoms with Crippen molar-refractivity contribution in [1.82, 2.24) is 0 Å². The van der Waals surface area contributed by atoms with Crippen LogP contribution in [0.15, 0.2) is 60.0 Å². The Morgan fingerprint density at radius 3 is 2.55 bits per heavy atom. The molecule has 0 aliphatic heterocycles. The Morgan fingerprint density at radius 1 is 1.09 bits per heavy atom. The fourth-order valence-electron chi connectivity index (χ4n) is 2.11. The van der Waals surface area contributed by atoms with Crippen molar-refractivity contribution in [3.8, 4) is 10.4 Å². The summed E-state index contributed by atoms with van der Waals surface area (Å²) in [4.78, 5) is 13.4. The average molecular weight is 307 g/mol. The van der Waals surface area contributed by atoms with Gasteiger partial charge in [-0.25, -0.2) is 0 Å². The third kappa shape index (κ3) is 3.02. The van der Waals surface area contributed by atoms with Crippen LogP contribution in [0, 0.1) is 6.92 Å². The van der Waals surface area contributed by atoms with E-state index >= 15 is 0 Å². The smallest absolute Gasteiger partial charge is 0.255 e. The summed E-state index contributed by atoms with van der Waals surface area (Å²) < 4.78 is 0. The molecule has 1 aromatic heterocycles. The monoisotopic (exact) mass is 307 g/mol. The number of nitrogen functional groups attached to an aromatic ring is 1. The lowest BCUT2D eigenvalue weighted by atomic mass is 10.1. The lowest BCUT2D eigenvalue weighted by Gasteiger charge is -2.10. The van der Waals surface area contributed by atoms with Gasteiger partial charge in [0.2, 0.25) is 0 Å². The van der Waals surface area contributed by atoms with Crippen molar-refractivity contribution < 1.29 is 4.79 Å². The van der Waals surface area contributed by atoms with E-state index in [9.17, 15) is 4.79 Å². The number of rotatable bonds is 3. The molecule has 0 fully saturated rings. The number of anilines is 2. The predicted molar refractivity (Wildman–Crippen MR) is 93.0 cm³/mol. The van der Waals surface area contributed by atoms with Crippen LogP contribution >= 0.6 is 11.3 Å². The second kappa shape index (κ2) is 6.03. The summed E-state index contributed by atoms with van der Waals surface area (Å²) >= 11 is 1.65. The van der Waals surface area contributed by atoms with E-state index in [1.807, 2.05) is 35.7 Å². The van der Waals surface area contributed by atoms with Crippen LogP contribution in [0.1, 0.15) is 15.9 Å². The zero-order chi connectivity index (χ0) is 15.5. The van der Waals surface area contributed by atoms with E-state index in [-0.39, 0.29) is 5.91 Å². The van der Waals surface area contributed by atoms with E-state index in [2.05, 4.69) is 12.2 Å². The molecule has 0 spiro atoms. The van der Waals surface area contributed by atoms with Crippen molar-refractivity contribution in [3.05, 3.63) is 78.0 Å². The van der Waals surface area contributed by atoms with Crippen LogP contribution in [0.3, 0.4) is 0 Å². The maximum atomic E-state index is 12.3. The maximum absolute atomic E-state index is 12.3. The molecule has 22 heavy (non-hydrogen) atoms. The zero-order valence-corrected chi connectivity index (χ0v) is 12.7. The lowest BCUT2D eigenvalue weighted by Crippen LogP contribution is -2.13. The first-order valence-electron chi connectivity index (χ1n) is 6.80. The van der Waals surface area contributed by atoms with E-state index in [1.165, 1.54) is 0 Å². The van der Waals surface area contributed by atoms with Crippen LogP contribution in [0.5, 0.6) is 0 Å². The van der Waals surface area contributed by atoms with Crippen LogP contribution < -0.4 is 11.1 Å². The minimum atomic E-state index is -0.185. The lowest BCUT2D eigenvalue weighted by molar-refractivity contribution is 0.102. The van der Waals surface area contributed by atoms with Gasteiger partial charge in [0.25, 0.3) is 5.91 Å². The Hall–Kier alpha value is -2.59. The molecule has 2 aromatic carbocycles. The zero-order valence-electron chi connectivity index (χ0n) is 11.9. The molecule has 0 atom stereocenters. The molecule has 0 aliphatic rings. The largest absolute Gasteiger partial charge is 0.397 e. The highest BCUT2D eigenvalue weighted by molar-refractivity contribution is 7.13. The number of amides is 1. The molecular weight excluding hydrogens is 292 g/mol. The second-order valence-electron chi connectivity index (χ2n) is 4.93. The molecule has 1 heterocycles. The molecule has 3 nitrogen and oxygen atoms in total. The Kier molecular flexibility index (Phi) is 3.94. The first-order valence-corrected chi connectivity index (χ1v) is 7.68. The number of carbonyl (C=O) groups excluding carboxylic acids is 1. The number of nitrogens with two attached hydrogens (primary N) is 1. The van der Waals surface area contributed by atoms with Gasteiger partial charge in [-0.1, -0.05) is 24.3 Å². The Labute approximate surface area is 133 Å². The first kappa shape index (κ1) is 14.4. The highest BCUT2D eigenvalue weighted by Crippen LogP contribution is 2.30.